The number of carboxylic acids is 1. The molecular formula is C13H14NO3S-. The SMILES string of the molecule is CC1Cc2ccccc2N1C(=O)CSCC(=O)[O-]. The second-order valence-corrected chi connectivity index (χ2v) is 5.30. The quantitative estimate of drug-likeness (QED) is 0.792. The van der Waals surface area contributed by atoms with Crippen LogP contribution < -0.4 is 10.0 Å². The molecule has 96 valence electrons. The number of aliphatic carboxylic acids is 1. The number of thioether (sulfide) groups is 1. The smallest absolute Gasteiger partial charge is 0.237 e. The number of amides is 1. The Hall–Kier alpha value is -1.49. The van der Waals surface area contributed by atoms with Crippen molar-refractivity contribution < 1.29 is 14.7 Å². The Morgan fingerprint density at radius 1 is 1.39 bits per heavy atom. The molecule has 1 amide bonds. The van der Waals surface area contributed by atoms with Crippen molar-refractivity contribution in [2.45, 2.75) is 19.4 Å². The standard InChI is InChI=1S/C13H15NO3S/c1-9-6-10-4-2-3-5-11(10)14(9)12(15)7-18-8-13(16)17/h2-5,9H,6-8H2,1H3,(H,16,17)/p-1. The number of carbonyl (C=O) groups excluding carboxylic acids is 2. The summed E-state index contributed by atoms with van der Waals surface area (Å²) in [5.41, 5.74) is 2.12. The lowest BCUT2D eigenvalue weighted by atomic mass is 10.1. The Labute approximate surface area is 110 Å². The van der Waals surface area contributed by atoms with Crippen molar-refractivity contribution in [3.8, 4) is 0 Å². The Balaban J connectivity index is 2.04. The number of rotatable bonds is 4. The van der Waals surface area contributed by atoms with Crippen LogP contribution in [-0.2, 0) is 16.0 Å². The van der Waals surface area contributed by atoms with Crippen molar-refractivity contribution in [3.05, 3.63) is 29.8 Å². The number of fused-ring (bicyclic) bond motifs is 1. The van der Waals surface area contributed by atoms with E-state index in [1.165, 1.54) is 5.56 Å². The molecule has 1 aromatic rings. The highest BCUT2D eigenvalue weighted by Crippen LogP contribution is 2.32. The van der Waals surface area contributed by atoms with E-state index in [9.17, 15) is 14.7 Å². The summed E-state index contributed by atoms with van der Waals surface area (Å²) in [5, 5.41) is 10.3. The van der Waals surface area contributed by atoms with Gasteiger partial charge in [-0.15, -0.1) is 11.8 Å². The number of benzene rings is 1. The third-order valence-corrected chi connectivity index (χ3v) is 3.81. The second kappa shape index (κ2) is 5.44. The van der Waals surface area contributed by atoms with Gasteiger partial charge in [0, 0.05) is 17.5 Å². The molecule has 0 radical (unpaired) electrons. The zero-order chi connectivity index (χ0) is 13.1. The van der Waals surface area contributed by atoms with E-state index in [1.54, 1.807) is 4.90 Å². The number of anilines is 1. The number of para-hydroxylation sites is 1. The maximum absolute atomic E-state index is 12.1. The molecule has 1 unspecified atom stereocenters. The minimum absolute atomic E-state index is 0.0429. The molecule has 18 heavy (non-hydrogen) atoms. The number of carbonyl (C=O) groups is 2. The largest absolute Gasteiger partial charge is 0.549 e. The van der Waals surface area contributed by atoms with Gasteiger partial charge in [-0.25, -0.2) is 0 Å². The average molecular weight is 264 g/mol. The van der Waals surface area contributed by atoms with Gasteiger partial charge in [0.25, 0.3) is 0 Å². The topological polar surface area (TPSA) is 60.4 Å². The normalized spacial score (nSPS) is 17.6. The first-order chi connectivity index (χ1) is 8.59. The van der Waals surface area contributed by atoms with Gasteiger partial charge in [0.15, 0.2) is 0 Å². The fourth-order valence-corrected chi connectivity index (χ4v) is 2.82. The van der Waals surface area contributed by atoms with Gasteiger partial charge in [-0.2, -0.15) is 0 Å². The van der Waals surface area contributed by atoms with Crippen LogP contribution in [0.15, 0.2) is 24.3 Å². The highest BCUT2D eigenvalue weighted by molar-refractivity contribution is 8.00. The van der Waals surface area contributed by atoms with Crippen molar-refractivity contribution >= 4 is 29.3 Å². The Bertz CT molecular complexity index is 475. The van der Waals surface area contributed by atoms with E-state index in [-0.39, 0.29) is 23.5 Å². The maximum Gasteiger partial charge on any atom is 0.237 e. The summed E-state index contributed by atoms with van der Waals surface area (Å²) in [6.45, 7) is 2.00. The van der Waals surface area contributed by atoms with Crippen LogP contribution >= 0.6 is 11.8 Å². The summed E-state index contributed by atoms with van der Waals surface area (Å²) < 4.78 is 0. The highest BCUT2D eigenvalue weighted by atomic mass is 32.2. The third-order valence-electron chi connectivity index (χ3n) is 2.92. The molecule has 1 atom stereocenters. The van der Waals surface area contributed by atoms with Crippen molar-refractivity contribution in [3.63, 3.8) is 0 Å². The van der Waals surface area contributed by atoms with E-state index in [0.717, 1.165) is 23.9 Å². The van der Waals surface area contributed by atoms with Gasteiger partial charge in [-0.1, -0.05) is 18.2 Å². The maximum atomic E-state index is 12.1. The van der Waals surface area contributed by atoms with E-state index < -0.39 is 5.97 Å². The van der Waals surface area contributed by atoms with Crippen LogP contribution in [0.4, 0.5) is 5.69 Å². The van der Waals surface area contributed by atoms with Crippen LogP contribution in [0, 0.1) is 0 Å². The number of hydrogen-bond acceptors (Lipinski definition) is 4. The summed E-state index contributed by atoms with van der Waals surface area (Å²) in [6.07, 6.45) is 0.854. The molecule has 1 aromatic carbocycles. The van der Waals surface area contributed by atoms with Gasteiger partial charge in [-0.3, -0.25) is 4.79 Å². The van der Waals surface area contributed by atoms with Crippen molar-refractivity contribution in [1.82, 2.24) is 0 Å². The predicted octanol–water partition coefficient (Wildman–Crippen LogP) is 0.447. The minimum Gasteiger partial charge on any atom is -0.549 e. The Morgan fingerprint density at radius 2 is 2.11 bits per heavy atom. The molecule has 0 N–H and O–H groups in total. The summed E-state index contributed by atoms with van der Waals surface area (Å²) >= 11 is 1.08. The molecule has 0 saturated carbocycles. The van der Waals surface area contributed by atoms with Crippen LogP contribution in [0.1, 0.15) is 12.5 Å². The lowest BCUT2D eigenvalue weighted by molar-refractivity contribution is -0.301. The van der Waals surface area contributed by atoms with Crippen LogP contribution in [-0.4, -0.2) is 29.4 Å². The van der Waals surface area contributed by atoms with Crippen molar-refractivity contribution in [2.24, 2.45) is 0 Å². The minimum atomic E-state index is -1.14. The molecule has 1 aliphatic rings. The molecule has 0 bridgehead atoms. The summed E-state index contributed by atoms with van der Waals surface area (Å²) in [7, 11) is 0. The second-order valence-electron chi connectivity index (χ2n) is 4.31. The highest BCUT2D eigenvalue weighted by Gasteiger charge is 2.29. The lowest BCUT2D eigenvalue weighted by Crippen LogP contribution is -2.37. The van der Waals surface area contributed by atoms with E-state index >= 15 is 0 Å². The summed E-state index contributed by atoms with van der Waals surface area (Å²) in [5.74, 6) is -1.15. The third kappa shape index (κ3) is 2.67. The van der Waals surface area contributed by atoms with Crippen molar-refractivity contribution in [1.29, 1.82) is 0 Å². The molecule has 1 aliphatic heterocycles. The van der Waals surface area contributed by atoms with E-state index in [4.69, 9.17) is 0 Å². The van der Waals surface area contributed by atoms with Crippen LogP contribution in [0.25, 0.3) is 0 Å². The molecule has 4 nitrogen and oxygen atoms in total. The molecular weight excluding hydrogens is 250 g/mol. The van der Waals surface area contributed by atoms with Crippen molar-refractivity contribution in [2.75, 3.05) is 16.4 Å². The monoisotopic (exact) mass is 264 g/mol. The fourth-order valence-electron chi connectivity index (χ4n) is 2.24. The molecule has 0 fully saturated rings. The lowest BCUT2D eigenvalue weighted by Gasteiger charge is -2.22. The molecule has 2 rings (SSSR count). The zero-order valence-electron chi connectivity index (χ0n) is 10.1. The molecule has 0 aliphatic carbocycles. The fraction of sp³-hybridized carbons (Fsp3) is 0.385. The molecule has 1 heterocycles. The van der Waals surface area contributed by atoms with Gasteiger partial charge >= 0.3 is 0 Å². The summed E-state index contributed by atoms with van der Waals surface area (Å²) in [4.78, 5) is 24.2. The van der Waals surface area contributed by atoms with Gasteiger partial charge in [-0.05, 0) is 25.0 Å². The summed E-state index contributed by atoms with van der Waals surface area (Å²) in [6, 6.07) is 7.96. The van der Waals surface area contributed by atoms with Gasteiger partial charge < -0.3 is 14.8 Å². The Morgan fingerprint density at radius 3 is 2.83 bits per heavy atom. The number of nitrogens with zero attached hydrogens (tertiary/aromatic N) is 1. The van der Waals surface area contributed by atoms with Crippen LogP contribution in [0.5, 0.6) is 0 Å². The van der Waals surface area contributed by atoms with Gasteiger partial charge in [0.2, 0.25) is 5.91 Å². The van der Waals surface area contributed by atoms with E-state index in [2.05, 4.69) is 0 Å². The first kappa shape index (κ1) is 13.0. The number of carboxylic acid groups (broad SMARTS) is 1. The van der Waals surface area contributed by atoms with Gasteiger partial charge in [0.1, 0.15) is 0 Å². The zero-order valence-corrected chi connectivity index (χ0v) is 10.9. The molecule has 0 spiro atoms. The number of hydrogen-bond donors (Lipinski definition) is 0. The van der Waals surface area contributed by atoms with E-state index in [0.29, 0.717) is 0 Å². The molecule has 0 saturated heterocycles. The van der Waals surface area contributed by atoms with Crippen LogP contribution in [0.2, 0.25) is 0 Å². The van der Waals surface area contributed by atoms with E-state index in [1.807, 2.05) is 31.2 Å². The first-order valence-electron chi connectivity index (χ1n) is 5.77. The molecule has 5 heteroatoms. The first-order valence-corrected chi connectivity index (χ1v) is 6.92. The predicted molar refractivity (Wildman–Crippen MR) is 69.4 cm³/mol. The van der Waals surface area contributed by atoms with Gasteiger partial charge in [0.05, 0.1) is 11.7 Å². The Kier molecular flexibility index (Phi) is 3.91. The van der Waals surface area contributed by atoms with Crippen LogP contribution in [0.3, 0.4) is 0 Å². The molecule has 0 aromatic heterocycles. The average Bonchev–Trinajstić information content (AvgIpc) is 2.64.